The third-order valence-electron chi connectivity index (χ3n) is 4.24. The van der Waals surface area contributed by atoms with Crippen LogP contribution in [0, 0.1) is 6.92 Å². The van der Waals surface area contributed by atoms with Gasteiger partial charge in [0.2, 0.25) is 0 Å². The summed E-state index contributed by atoms with van der Waals surface area (Å²) in [5.74, 6) is -0.0717. The predicted octanol–water partition coefficient (Wildman–Crippen LogP) is 4.60. The molecule has 0 saturated heterocycles. The largest absolute Gasteiger partial charge is 0.347 e. The molecule has 2 heterocycles. The van der Waals surface area contributed by atoms with Gasteiger partial charge in [-0.1, -0.05) is 36.4 Å². The number of nitrogens with one attached hydrogen (secondary N) is 1. The van der Waals surface area contributed by atoms with Crippen molar-refractivity contribution >= 4 is 28.0 Å². The Morgan fingerprint density at radius 2 is 1.92 bits per heavy atom. The van der Waals surface area contributed by atoms with Crippen LogP contribution < -0.4 is 5.32 Å². The molecule has 0 unspecified atom stereocenters. The normalized spacial score (nSPS) is 10.8. The molecule has 0 spiro atoms. The summed E-state index contributed by atoms with van der Waals surface area (Å²) >= 11 is 1.59. The number of nitrogens with zero attached hydrogens (tertiary/aromatic N) is 2. The molecule has 128 valence electrons. The number of hydrogen-bond donors (Lipinski definition) is 1. The monoisotopic (exact) mass is 359 g/mol. The lowest BCUT2D eigenvalue weighted by Crippen LogP contribution is -2.22. The van der Waals surface area contributed by atoms with E-state index in [0.29, 0.717) is 12.1 Å². The van der Waals surface area contributed by atoms with Crippen LogP contribution in [0.2, 0.25) is 0 Å². The first-order chi connectivity index (χ1) is 12.7. The van der Waals surface area contributed by atoms with Gasteiger partial charge in [-0.15, -0.1) is 11.3 Å². The second-order valence-electron chi connectivity index (χ2n) is 5.98. The molecule has 4 nitrogen and oxygen atoms in total. The lowest BCUT2D eigenvalue weighted by molar-refractivity contribution is 0.0953. The van der Waals surface area contributed by atoms with Crippen molar-refractivity contribution < 1.29 is 4.79 Å². The highest BCUT2D eigenvalue weighted by Crippen LogP contribution is 2.27. The molecule has 0 atom stereocenters. The molecule has 0 aliphatic carbocycles. The second kappa shape index (κ2) is 7.06. The van der Waals surface area contributed by atoms with Crippen LogP contribution in [0.15, 0.2) is 67.0 Å². The molecule has 4 aromatic rings. The second-order valence-corrected chi connectivity index (χ2v) is 7.06. The fraction of sp³-hybridized carbons (Fsp3) is 0.0952. The Morgan fingerprint density at radius 3 is 2.77 bits per heavy atom. The van der Waals surface area contributed by atoms with Gasteiger partial charge in [0, 0.05) is 28.4 Å². The molecule has 5 heteroatoms. The summed E-state index contributed by atoms with van der Waals surface area (Å²) in [5.41, 5.74) is 2.62. The minimum atomic E-state index is -0.0717. The molecular formula is C21H17N3OS. The van der Waals surface area contributed by atoms with Crippen LogP contribution in [0.3, 0.4) is 0 Å². The lowest BCUT2D eigenvalue weighted by Gasteiger charge is -2.07. The number of pyridine rings is 1. The molecule has 0 saturated carbocycles. The zero-order valence-corrected chi connectivity index (χ0v) is 15.1. The van der Waals surface area contributed by atoms with Gasteiger partial charge in [-0.05, 0) is 35.9 Å². The number of hydrogen-bond acceptors (Lipinski definition) is 4. The van der Waals surface area contributed by atoms with Gasteiger partial charge in [0.25, 0.3) is 5.91 Å². The van der Waals surface area contributed by atoms with E-state index in [1.165, 1.54) is 0 Å². The molecule has 0 radical (unpaired) electrons. The van der Waals surface area contributed by atoms with E-state index >= 15 is 0 Å². The summed E-state index contributed by atoms with van der Waals surface area (Å²) in [6.07, 6.45) is 3.55. The number of carbonyl (C=O) groups excluding carboxylic acids is 1. The summed E-state index contributed by atoms with van der Waals surface area (Å²) in [5, 5.41) is 5.98. The van der Waals surface area contributed by atoms with Gasteiger partial charge in [0.05, 0.1) is 12.2 Å². The predicted molar refractivity (Wildman–Crippen MR) is 105 cm³/mol. The van der Waals surface area contributed by atoms with Gasteiger partial charge in [-0.3, -0.25) is 9.78 Å². The van der Waals surface area contributed by atoms with Crippen LogP contribution in [0.1, 0.15) is 20.9 Å². The molecule has 1 amide bonds. The fourth-order valence-corrected chi connectivity index (χ4v) is 3.88. The summed E-state index contributed by atoms with van der Waals surface area (Å²) in [4.78, 5) is 22.5. The molecule has 0 fully saturated rings. The van der Waals surface area contributed by atoms with Gasteiger partial charge in [0.15, 0.2) is 0 Å². The molecule has 4 rings (SSSR count). The zero-order chi connectivity index (χ0) is 17.9. The molecule has 26 heavy (non-hydrogen) atoms. The number of thiazole rings is 1. The Balaban J connectivity index is 1.54. The van der Waals surface area contributed by atoms with Gasteiger partial charge in [0.1, 0.15) is 5.01 Å². The van der Waals surface area contributed by atoms with Crippen LogP contribution in [-0.2, 0) is 6.54 Å². The van der Waals surface area contributed by atoms with E-state index in [0.717, 1.165) is 31.9 Å². The summed E-state index contributed by atoms with van der Waals surface area (Å²) < 4.78 is 0. The number of amides is 1. The maximum atomic E-state index is 12.7. The van der Waals surface area contributed by atoms with Gasteiger partial charge in [-0.25, -0.2) is 4.98 Å². The summed E-state index contributed by atoms with van der Waals surface area (Å²) in [7, 11) is 0. The first kappa shape index (κ1) is 16.4. The highest BCUT2D eigenvalue weighted by molar-refractivity contribution is 7.15. The van der Waals surface area contributed by atoms with E-state index in [1.54, 1.807) is 23.7 Å². The van der Waals surface area contributed by atoms with Crippen LogP contribution in [0.4, 0.5) is 0 Å². The number of rotatable bonds is 4. The molecule has 0 aliphatic rings. The summed E-state index contributed by atoms with van der Waals surface area (Å²) in [6.45, 7) is 2.43. The minimum Gasteiger partial charge on any atom is -0.347 e. The van der Waals surface area contributed by atoms with E-state index in [9.17, 15) is 4.79 Å². The van der Waals surface area contributed by atoms with Gasteiger partial charge in [-0.2, -0.15) is 0 Å². The Kier molecular flexibility index (Phi) is 4.46. The number of carbonyl (C=O) groups is 1. The Bertz CT molecular complexity index is 1070. The highest BCUT2D eigenvalue weighted by atomic mass is 32.1. The van der Waals surface area contributed by atoms with E-state index in [1.807, 2.05) is 61.5 Å². The number of aryl methyl sites for hydroxylation is 1. The van der Waals surface area contributed by atoms with Gasteiger partial charge >= 0.3 is 0 Å². The van der Waals surface area contributed by atoms with Crippen LogP contribution in [-0.4, -0.2) is 15.9 Å². The van der Waals surface area contributed by atoms with Crippen molar-refractivity contribution in [1.82, 2.24) is 15.3 Å². The van der Waals surface area contributed by atoms with E-state index in [2.05, 4.69) is 15.3 Å². The average Bonchev–Trinajstić information content (AvgIpc) is 3.07. The number of aromatic nitrogens is 2. The third kappa shape index (κ3) is 3.21. The first-order valence-electron chi connectivity index (χ1n) is 8.35. The third-order valence-corrected chi connectivity index (χ3v) is 5.45. The number of benzene rings is 2. The summed E-state index contributed by atoms with van der Waals surface area (Å²) in [6, 6.07) is 17.6. The molecule has 1 N–H and O–H groups in total. The SMILES string of the molecule is Cc1nc(-c2cccnc2)sc1CNC(=O)c1cccc2ccccc12. The molecular weight excluding hydrogens is 342 g/mol. The van der Waals surface area contributed by atoms with E-state index in [-0.39, 0.29) is 5.91 Å². The highest BCUT2D eigenvalue weighted by Gasteiger charge is 2.13. The Morgan fingerprint density at radius 1 is 1.08 bits per heavy atom. The maximum absolute atomic E-state index is 12.7. The van der Waals surface area contributed by atoms with E-state index in [4.69, 9.17) is 0 Å². The van der Waals surface area contributed by atoms with Crippen LogP contribution in [0.5, 0.6) is 0 Å². The maximum Gasteiger partial charge on any atom is 0.252 e. The topological polar surface area (TPSA) is 54.9 Å². The van der Waals surface area contributed by atoms with Crippen molar-refractivity contribution in [3.05, 3.63) is 83.1 Å². The smallest absolute Gasteiger partial charge is 0.252 e. The zero-order valence-electron chi connectivity index (χ0n) is 14.3. The average molecular weight is 359 g/mol. The van der Waals surface area contributed by atoms with Crippen molar-refractivity contribution in [3.63, 3.8) is 0 Å². The van der Waals surface area contributed by atoms with Crippen LogP contribution in [0.25, 0.3) is 21.3 Å². The van der Waals surface area contributed by atoms with Crippen molar-refractivity contribution in [1.29, 1.82) is 0 Å². The fourth-order valence-electron chi connectivity index (χ4n) is 2.88. The lowest BCUT2D eigenvalue weighted by atomic mass is 10.0. The molecule has 0 aliphatic heterocycles. The molecule has 0 bridgehead atoms. The standard InChI is InChI=1S/C21H17N3OS/c1-14-19(26-21(24-14)16-8-5-11-22-12-16)13-23-20(25)18-10-4-7-15-6-2-3-9-17(15)18/h2-12H,13H2,1H3,(H,23,25). The quantitative estimate of drug-likeness (QED) is 0.579. The van der Waals surface area contributed by atoms with Crippen molar-refractivity contribution in [2.75, 3.05) is 0 Å². The van der Waals surface area contributed by atoms with Crippen molar-refractivity contribution in [2.45, 2.75) is 13.5 Å². The Hall–Kier alpha value is -3.05. The minimum absolute atomic E-state index is 0.0717. The first-order valence-corrected chi connectivity index (χ1v) is 9.16. The van der Waals surface area contributed by atoms with Crippen molar-refractivity contribution in [3.8, 4) is 10.6 Å². The Labute approximate surface area is 155 Å². The van der Waals surface area contributed by atoms with E-state index < -0.39 is 0 Å². The molecule has 2 aromatic heterocycles. The van der Waals surface area contributed by atoms with Crippen molar-refractivity contribution in [2.24, 2.45) is 0 Å². The van der Waals surface area contributed by atoms with Gasteiger partial charge < -0.3 is 5.32 Å². The van der Waals surface area contributed by atoms with Crippen LogP contribution >= 0.6 is 11.3 Å². The molecule has 2 aromatic carbocycles. The number of fused-ring (bicyclic) bond motifs is 1.